The maximum Gasteiger partial charge on any atom is 0.101 e. The minimum atomic E-state index is 0.992. The van der Waals surface area contributed by atoms with Crippen molar-refractivity contribution < 1.29 is 0 Å². The van der Waals surface area contributed by atoms with Crippen LogP contribution in [-0.2, 0) is 0 Å². The van der Waals surface area contributed by atoms with Crippen molar-refractivity contribution in [1.29, 1.82) is 0 Å². The summed E-state index contributed by atoms with van der Waals surface area (Å²) in [6.45, 7) is 0. The summed E-state index contributed by atoms with van der Waals surface area (Å²) in [6.07, 6.45) is 3.50. The van der Waals surface area contributed by atoms with Gasteiger partial charge < -0.3 is 0 Å². The van der Waals surface area contributed by atoms with E-state index in [0.717, 1.165) is 17.1 Å². The van der Waals surface area contributed by atoms with Crippen LogP contribution in [0.25, 0.3) is 5.69 Å². The van der Waals surface area contributed by atoms with Crippen LogP contribution in [0.5, 0.6) is 0 Å². The first-order chi connectivity index (χ1) is 7.77. The third-order valence-electron chi connectivity index (χ3n) is 2.76. The van der Waals surface area contributed by atoms with E-state index in [1.807, 2.05) is 42.6 Å². The summed E-state index contributed by atoms with van der Waals surface area (Å²) in [7, 11) is 3.97. The van der Waals surface area contributed by atoms with Gasteiger partial charge in [0.1, 0.15) is 5.69 Å². The van der Waals surface area contributed by atoms with E-state index in [4.69, 9.17) is 0 Å². The lowest BCUT2D eigenvalue weighted by Gasteiger charge is -2.19. The molecule has 0 saturated heterocycles. The Morgan fingerprint density at radius 2 is 2.00 bits per heavy atom. The van der Waals surface area contributed by atoms with Gasteiger partial charge in [-0.15, -0.1) is 10.2 Å². The molecule has 0 spiro atoms. The highest BCUT2D eigenvalue weighted by Crippen LogP contribution is 2.36. The van der Waals surface area contributed by atoms with Crippen molar-refractivity contribution in [3.63, 3.8) is 0 Å². The van der Waals surface area contributed by atoms with Gasteiger partial charge in [0.05, 0.1) is 23.8 Å². The molecule has 6 heteroatoms. The van der Waals surface area contributed by atoms with Gasteiger partial charge in [-0.1, -0.05) is 11.3 Å². The second kappa shape index (κ2) is 3.21. The lowest BCUT2D eigenvalue weighted by molar-refractivity contribution is 0.412. The summed E-state index contributed by atoms with van der Waals surface area (Å²) in [5.74, 6) is 0. The molecule has 82 valence electrons. The fraction of sp³-hybridized carbons (Fsp3) is 0.200. The van der Waals surface area contributed by atoms with E-state index >= 15 is 0 Å². The number of nitrogens with one attached hydrogen (secondary N) is 1. The van der Waals surface area contributed by atoms with Crippen molar-refractivity contribution in [3.8, 4) is 5.69 Å². The SMILES string of the molecule is CN1Nc2c(cccc2-n2ccnn2)N1C. The highest BCUT2D eigenvalue weighted by atomic mass is 15.8. The highest BCUT2D eigenvalue weighted by Gasteiger charge is 2.23. The fourth-order valence-corrected chi connectivity index (χ4v) is 1.84. The normalized spacial score (nSPS) is 15.0. The molecule has 1 aliphatic heterocycles. The third kappa shape index (κ3) is 1.17. The molecule has 0 bridgehead atoms. The van der Waals surface area contributed by atoms with E-state index in [-0.39, 0.29) is 0 Å². The molecule has 0 aliphatic carbocycles. The number of rotatable bonds is 1. The number of anilines is 2. The first-order valence-corrected chi connectivity index (χ1v) is 5.01. The van der Waals surface area contributed by atoms with Gasteiger partial charge in [0.15, 0.2) is 0 Å². The number of aromatic nitrogens is 3. The molecule has 1 aromatic heterocycles. The van der Waals surface area contributed by atoms with Crippen LogP contribution in [0.4, 0.5) is 11.4 Å². The topological polar surface area (TPSA) is 49.2 Å². The van der Waals surface area contributed by atoms with Crippen LogP contribution in [-0.4, -0.2) is 34.2 Å². The van der Waals surface area contributed by atoms with E-state index < -0.39 is 0 Å². The Morgan fingerprint density at radius 3 is 2.75 bits per heavy atom. The van der Waals surface area contributed by atoms with Crippen LogP contribution in [0.3, 0.4) is 0 Å². The zero-order valence-corrected chi connectivity index (χ0v) is 9.12. The number of hydrogen-bond donors (Lipinski definition) is 1. The molecule has 0 fully saturated rings. The molecule has 2 heterocycles. The van der Waals surface area contributed by atoms with Crippen molar-refractivity contribution >= 4 is 11.4 Å². The molecule has 1 aliphatic rings. The van der Waals surface area contributed by atoms with Crippen molar-refractivity contribution in [1.82, 2.24) is 20.1 Å². The van der Waals surface area contributed by atoms with Gasteiger partial charge in [-0.3, -0.25) is 10.4 Å². The van der Waals surface area contributed by atoms with Gasteiger partial charge in [0.25, 0.3) is 0 Å². The Hall–Kier alpha value is -2.08. The van der Waals surface area contributed by atoms with Gasteiger partial charge in [-0.25, -0.2) is 4.68 Å². The largest absolute Gasteiger partial charge is 0.297 e. The lowest BCUT2D eigenvalue weighted by Crippen LogP contribution is -2.34. The summed E-state index contributed by atoms with van der Waals surface area (Å²) in [4.78, 5) is 0. The zero-order chi connectivity index (χ0) is 11.1. The quantitative estimate of drug-likeness (QED) is 0.767. The zero-order valence-electron chi connectivity index (χ0n) is 9.12. The second-order valence-electron chi connectivity index (χ2n) is 3.68. The van der Waals surface area contributed by atoms with E-state index in [9.17, 15) is 0 Å². The number of fused-ring (bicyclic) bond motifs is 1. The molecule has 1 N–H and O–H groups in total. The van der Waals surface area contributed by atoms with Gasteiger partial charge in [0, 0.05) is 14.1 Å². The Balaban J connectivity index is 2.17. The minimum absolute atomic E-state index is 0.992. The highest BCUT2D eigenvalue weighted by molar-refractivity contribution is 5.80. The van der Waals surface area contributed by atoms with Gasteiger partial charge in [-0.2, -0.15) is 0 Å². The molecule has 3 rings (SSSR count). The average molecular weight is 216 g/mol. The molecular formula is C10H12N6. The van der Waals surface area contributed by atoms with E-state index in [1.165, 1.54) is 0 Å². The fourth-order valence-electron chi connectivity index (χ4n) is 1.84. The molecule has 16 heavy (non-hydrogen) atoms. The molecule has 2 aromatic rings. The number of para-hydroxylation sites is 1. The number of hydrogen-bond acceptors (Lipinski definition) is 5. The molecule has 0 atom stereocenters. The van der Waals surface area contributed by atoms with Crippen molar-refractivity contribution in [2.45, 2.75) is 0 Å². The standard InChI is InChI=1S/C10H12N6/c1-14-8-4-3-5-9(10(8)12-15(14)2)16-7-6-11-13-16/h3-7,12H,1-2H3. The number of hydrazine groups is 2. The van der Waals surface area contributed by atoms with Crippen LogP contribution in [0.15, 0.2) is 30.6 Å². The van der Waals surface area contributed by atoms with Crippen molar-refractivity contribution in [3.05, 3.63) is 30.6 Å². The van der Waals surface area contributed by atoms with E-state index in [0.29, 0.717) is 0 Å². The van der Waals surface area contributed by atoms with Gasteiger partial charge in [-0.05, 0) is 12.1 Å². The minimum Gasteiger partial charge on any atom is -0.297 e. The summed E-state index contributed by atoms with van der Waals surface area (Å²) < 4.78 is 1.75. The molecule has 1 aromatic carbocycles. The maximum absolute atomic E-state index is 4.00. The van der Waals surface area contributed by atoms with Gasteiger partial charge >= 0.3 is 0 Å². The van der Waals surface area contributed by atoms with Crippen molar-refractivity contribution in [2.75, 3.05) is 24.5 Å². The van der Waals surface area contributed by atoms with Crippen molar-refractivity contribution in [2.24, 2.45) is 0 Å². The first kappa shape index (κ1) is 9.17. The maximum atomic E-state index is 4.00. The average Bonchev–Trinajstić information content (AvgIpc) is 2.89. The Bertz CT molecular complexity index is 506. The van der Waals surface area contributed by atoms with E-state index in [1.54, 1.807) is 10.9 Å². The molecular weight excluding hydrogens is 204 g/mol. The van der Waals surface area contributed by atoms with Gasteiger partial charge in [0.2, 0.25) is 0 Å². The van der Waals surface area contributed by atoms with Crippen LogP contribution < -0.4 is 10.4 Å². The number of benzene rings is 1. The smallest absolute Gasteiger partial charge is 0.101 e. The summed E-state index contributed by atoms with van der Waals surface area (Å²) in [5.41, 5.74) is 6.43. The summed E-state index contributed by atoms with van der Waals surface area (Å²) >= 11 is 0. The monoisotopic (exact) mass is 216 g/mol. The van der Waals surface area contributed by atoms with E-state index in [2.05, 4.69) is 21.8 Å². The molecule has 0 unspecified atom stereocenters. The van der Waals surface area contributed by atoms with Crippen LogP contribution in [0, 0.1) is 0 Å². The predicted octanol–water partition coefficient (Wildman–Crippen LogP) is 0.891. The Labute approximate surface area is 93.0 Å². The number of nitrogens with zero attached hydrogens (tertiary/aromatic N) is 5. The second-order valence-corrected chi connectivity index (χ2v) is 3.68. The molecule has 0 amide bonds. The Kier molecular flexibility index (Phi) is 1.84. The summed E-state index contributed by atoms with van der Waals surface area (Å²) in [6, 6.07) is 6.08. The molecule has 0 radical (unpaired) electrons. The summed E-state index contributed by atoms with van der Waals surface area (Å²) in [5, 5.41) is 11.8. The molecule has 6 nitrogen and oxygen atoms in total. The van der Waals surface area contributed by atoms with Crippen LogP contribution >= 0.6 is 0 Å². The molecule has 0 saturated carbocycles. The van der Waals surface area contributed by atoms with Crippen LogP contribution in [0.2, 0.25) is 0 Å². The van der Waals surface area contributed by atoms with Crippen LogP contribution in [0.1, 0.15) is 0 Å². The Morgan fingerprint density at radius 1 is 1.19 bits per heavy atom. The first-order valence-electron chi connectivity index (χ1n) is 5.01. The third-order valence-corrected chi connectivity index (χ3v) is 2.76. The predicted molar refractivity (Wildman–Crippen MR) is 61.1 cm³/mol. The lowest BCUT2D eigenvalue weighted by atomic mass is 10.2.